The maximum absolute atomic E-state index is 13.4. The average molecular weight is 441 g/mol. The highest BCUT2D eigenvalue weighted by Gasteiger charge is 2.41. The van der Waals surface area contributed by atoms with Crippen molar-refractivity contribution in [1.82, 2.24) is 4.90 Å². The highest BCUT2D eigenvalue weighted by Crippen LogP contribution is 2.36. The Bertz CT molecular complexity index is 918. The van der Waals surface area contributed by atoms with Crippen molar-refractivity contribution >= 4 is 17.5 Å². The van der Waals surface area contributed by atoms with Crippen LogP contribution in [0.5, 0.6) is 5.75 Å². The fourth-order valence-corrected chi connectivity index (χ4v) is 4.40. The molecule has 2 amide bonds. The van der Waals surface area contributed by atoms with Crippen LogP contribution >= 0.6 is 0 Å². The first kappa shape index (κ1) is 22.3. The number of amides is 2. The molecule has 0 unspecified atom stereocenters. The van der Waals surface area contributed by atoms with Gasteiger partial charge in [0.15, 0.2) is 6.61 Å². The van der Waals surface area contributed by atoms with Crippen LogP contribution in [0.2, 0.25) is 0 Å². The molecule has 0 atom stereocenters. The maximum Gasteiger partial charge on any atom is 0.260 e. The first-order chi connectivity index (χ1) is 15.6. The molecule has 0 radical (unpaired) electrons. The number of hydrogen-bond donors (Lipinski definition) is 1. The lowest BCUT2D eigenvalue weighted by molar-refractivity contribution is -0.134. The van der Waals surface area contributed by atoms with E-state index in [0.717, 1.165) is 31.5 Å². The molecule has 4 rings (SSSR count). The Hall–Kier alpha value is -2.93. The van der Waals surface area contributed by atoms with Crippen molar-refractivity contribution in [2.24, 2.45) is 0 Å². The molecule has 2 aliphatic heterocycles. The normalized spacial score (nSPS) is 18.1. The molecule has 2 aromatic rings. The van der Waals surface area contributed by atoms with Crippen LogP contribution in [0.1, 0.15) is 37.7 Å². The van der Waals surface area contributed by atoms with Crippen LogP contribution in [0, 0.1) is 5.82 Å². The Labute approximate surface area is 187 Å². The van der Waals surface area contributed by atoms with Crippen molar-refractivity contribution in [3.05, 3.63) is 59.9 Å². The van der Waals surface area contributed by atoms with Gasteiger partial charge in [-0.25, -0.2) is 4.39 Å². The monoisotopic (exact) mass is 440 g/mol. The number of carbonyl (C=O) groups is 2. The van der Waals surface area contributed by atoms with Crippen molar-refractivity contribution in [1.29, 1.82) is 0 Å². The summed E-state index contributed by atoms with van der Waals surface area (Å²) in [6.07, 6.45) is 4.33. The summed E-state index contributed by atoms with van der Waals surface area (Å²) < 4.78 is 24.5. The molecule has 2 aliphatic rings. The molecule has 2 heterocycles. The Balaban J connectivity index is 1.38. The van der Waals surface area contributed by atoms with Gasteiger partial charge >= 0.3 is 0 Å². The number of nitrogens with zero attached hydrogens (tertiary/aromatic N) is 1. The minimum Gasteiger partial charge on any atom is -0.484 e. The van der Waals surface area contributed by atoms with Gasteiger partial charge in [-0.2, -0.15) is 0 Å². The van der Waals surface area contributed by atoms with E-state index in [1.165, 1.54) is 18.6 Å². The standard InChI is InChI=1S/C25H29FN2O4/c26-20-6-4-19(5-7-20)25(12-16-31-17-13-25)24(30)27-21-8-10-22(11-9-21)32-18-23(29)28-14-2-1-3-15-28/h4-11H,1-3,12-18H2,(H,27,30). The molecule has 2 saturated heterocycles. The second kappa shape index (κ2) is 10.1. The smallest absolute Gasteiger partial charge is 0.260 e. The van der Waals surface area contributed by atoms with Crippen LogP contribution in [-0.4, -0.2) is 49.6 Å². The predicted molar refractivity (Wildman–Crippen MR) is 119 cm³/mol. The summed E-state index contributed by atoms with van der Waals surface area (Å²) in [5.74, 6) is 0.114. The van der Waals surface area contributed by atoms with Gasteiger partial charge in [-0.15, -0.1) is 0 Å². The number of piperidine rings is 1. The summed E-state index contributed by atoms with van der Waals surface area (Å²) in [5, 5.41) is 2.99. The second-order valence-corrected chi connectivity index (χ2v) is 8.41. The predicted octanol–water partition coefficient (Wildman–Crippen LogP) is 3.90. The van der Waals surface area contributed by atoms with Crippen LogP contribution in [0.25, 0.3) is 0 Å². The lowest BCUT2D eigenvalue weighted by atomic mass is 9.73. The number of likely N-dealkylation sites (tertiary alicyclic amines) is 1. The molecule has 32 heavy (non-hydrogen) atoms. The summed E-state index contributed by atoms with van der Waals surface area (Å²) in [4.78, 5) is 27.4. The molecule has 170 valence electrons. The van der Waals surface area contributed by atoms with Crippen molar-refractivity contribution < 1.29 is 23.5 Å². The quantitative estimate of drug-likeness (QED) is 0.740. The zero-order chi connectivity index (χ0) is 22.4. The van der Waals surface area contributed by atoms with Crippen LogP contribution in [0.15, 0.2) is 48.5 Å². The van der Waals surface area contributed by atoms with E-state index in [4.69, 9.17) is 9.47 Å². The number of carbonyl (C=O) groups excluding carboxylic acids is 2. The zero-order valence-corrected chi connectivity index (χ0v) is 18.1. The minimum absolute atomic E-state index is 0.00263. The fourth-order valence-electron chi connectivity index (χ4n) is 4.40. The van der Waals surface area contributed by atoms with Crippen LogP contribution < -0.4 is 10.1 Å². The summed E-state index contributed by atoms with van der Waals surface area (Å²) in [6, 6.07) is 13.1. The Kier molecular flexibility index (Phi) is 7.05. The number of halogens is 1. The van der Waals surface area contributed by atoms with Gasteiger partial charge in [-0.3, -0.25) is 9.59 Å². The molecule has 7 heteroatoms. The van der Waals surface area contributed by atoms with Gasteiger partial charge in [0.1, 0.15) is 11.6 Å². The summed E-state index contributed by atoms with van der Waals surface area (Å²) in [5.41, 5.74) is 0.663. The van der Waals surface area contributed by atoms with Gasteiger partial charge < -0.3 is 19.7 Å². The highest BCUT2D eigenvalue weighted by atomic mass is 19.1. The Morgan fingerprint density at radius 1 is 0.969 bits per heavy atom. The molecule has 0 spiro atoms. The fraction of sp³-hybridized carbons (Fsp3) is 0.440. The molecule has 0 aromatic heterocycles. The van der Waals surface area contributed by atoms with E-state index in [1.54, 1.807) is 36.4 Å². The zero-order valence-electron chi connectivity index (χ0n) is 18.1. The highest BCUT2D eigenvalue weighted by molar-refractivity contribution is 5.99. The van der Waals surface area contributed by atoms with Crippen LogP contribution in [-0.2, 0) is 19.7 Å². The summed E-state index contributed by atoms with van der Waals surface area (Å²) in [7, 11) is 0. The second-order valence-electron chi connectivity index (χ2n) is 8.41. The number of nitrogens with one attached hydrogen (secondary N) is 1. The minimum atomic E-state index is -0.762. The van der Waals surface area contributed by atoms with Gasteiger partial charge in [-0.1, -0.05) is 12.1 Å². The third-order valence-electron chi connectivity index (χ3n) is 6.36. The largest absolute Gasteiger partial charge is 0.484 e. The lowest BCUT2D eigenvalue weighted by Crippen LogP contribution is -2.44. The molecule has 2 fully saturated rings. The summed E-state index contributed by atoms with van der Waals surface area (Å²) >= 11 is 0. The van der Waals surface area contributed by atoms with E-state index in [0.29, 0.717) is 37.5 Å². The first-order valence-electron chi connectivity index (χ1n) is 11.2. The van der Waals surface area contributed by atoms with E-state index >= 15 is 0 Å². The molecule has 2 aromatic carbocycles. The Morgan fingerprint density at radius 2 is 1.62 bits per heavy atom. The number of ether oxygens (including phenoxy) is 2. The van der Waals surface area contributed by atoms with Gasteiger partial charge in [0, 0.05) is 32.0 Å². The first-order valence-corrected chi connectivity index (χ1v) is 11.2. The van der Waals surface area contributed by atoms with E-state index in [2.05, 4.69) is 5.32 Å². The number of anilines is 1. The third-order valence-corrected chi connectivity index (χ3v) is 6.36. The molecule has 0 saturated carbocycles. The van der Waals surface area contributed by atoms with E-state index in [9.17, 15) is 14.0 Å². The van der Waals surface area contributed by atoms with Crippen LogP contribution in [0.3, 0.4) is 0 Å². The maximum atomic E-state index is 13.4. The molecule has 0 aliphatic carbocycles. The SMILES string of the molecule is O=C(COc1ccc(NC(=O)C2(c3ccc(F)cc3)CCOCC2)cc1)N1CCCCC1. The topological polar surface area (TPSA) is 67.9 Å². The van der Waals surface area contributed by atoms with E-state index in [1.807, 2.05) is 4.90 Å². The van der Waals surface area contributed by atoms with Gasteiger partial charge in [0.2, 0.25) is 5.91 Å². The number of rotatable bonds is 6. The van der Waals surface area contributed by atoms with Crippen molar-refractivity contribution in [2.75, 3.05) is 38.2 Å². The molecule has 0 bridgehead atoms. The van der Waals surface area contributed by atoms with Crippen LogP contribution in [0.4, 0.5) is 10.1 Å². The molecular formula is C25H29FN2O4. The average Bonchev–Trinajstić information content (AvgIpc) is 2.84. The van der Waals surface area contributed by atoms with Gasteiger partial charge in [0.25, 0.3) is 5.91 Å². The van der Waals surface area contributed by atoms with E-state index < -0.39 is 5.41 Å². The van der Waals surface area contributed by atoms with E-state index in [-0.39, 0.29) is 24.2 Å². The van der Waals surface area contributed by atoms with Crippen molar-refractivity contribution in [3.63, 3.8) is 0 Å². The number of benzene rings is 2. The van der Waals surface area contributed by atoms with Gasteiger partial charge in [0.05, 0.1) is 5.41 Å². The molecule has 1 N–H and O–H groups in total. The molecule has 6 nitrogen and oxygen atoms in total. The molecular weight excluding hydrogens is 411 g/mol. The van der Waals surface area contributed by atoms with Gasteiger partial charge in [-0.05, 0) is 74.1 Å². The third kappa shape index (κ3) is 5.10. The van der Waals surface area contributed by atoms with Crippen molar-refractivity contribution in [2.45, 2.75) is 37.5 Å². The summed E-state index contributed by atoms with van der Waals surface area (Å²) in [6.45, 7) is 2.56. The lowest BCUT2D eigenvalue weighted by Gasteiger charge is -2.36. The van der Waals surface area contributed by atoms with Crippen molar-refractivity contribution in [3.8, 4) is 5.75 Å². The Morgan fingerprint density at radius 3 is 2.28 bits per heavy atom. The number of hydrogen-bond acceptors (Lipinski definition) is 4.